The summed E-state index contributed by atoms with van der Waals surface area (Å²) in [6.45, 7) is 2.53. The minimum atomic E-state index is -0.876. The fraction of sp³-hybridized carbons (Fsp3) is 0.238. The van der Waals surface area contributed by atoms with Crippen molar-refractivity contribution in [1.29, 1.82) is 0 Å². The molecule has 162 valence electrons. The number of ether oxygens (including phenoxy) is 1. The Bertz CT molecular complexity index is 1270. The second-order valence-corrected chi connectivity index (χ2v) is 7.04. The van der Waals surface area contributed by atoms with Crippen molar-refractivity contribution in [1.82, 2.24) is 4.57 Å². The Morgan fingerprint density at radius 3 is 2.61 bits per heavy atom. The third-order valence-corrected chi connectivity index (χ3v) is 5.23. The molecule has 0 saturated heterocycles. The number of aliphatic hydroxyl groups excluding tert-OH is 1. The molecule has 0 spiro atoms. The molecule has 3 aromatic rings. The summed E-state index contributed by atoms with van der Waals surface area (Å²) in [5.74, 6) is -2.23. The summed E-state index contributed by atoms with van der Waals surface area (Å²) < 4.78 is 35.5. The number of aromatic nitrogens is 1. The van der Waals surface area contributed by atoms with Gasteiger partial charge < -0.3 is 25.5 Å². The van der Waals surface area contributed by atoms with Crippen molar-refractivity contribution in [2.75, 3.05) is 24.7 Å². The lowest BCUT2D eigenvalue weighted by Crippen LogP contribution is -2.27. The van der Waals surface area contributed by atoms with E-state index >= 15 is 4.39 Å². The van der Waals surface area contributed by atoms with E-state index in [1.54, 1.807) is 21.8 Å². The van der Waals surface area contributed by atoms with Crippen LogP contribution >= 0.6 is 0 Å². The van der Waals surface area contributed by atoms with Crippen LogP contribution in [0.25, 0.3) is 16.6 Å². The Labute approximate surface area is 177 Å². The predicted molar refractivity (Wildman–Crippen MR) is 118 cm³/mol. The number of pyridine rings is 1. The number of nitrogens with zero attached hydrogens (tertiary/aromatic N) is 1. The van der Waals surface area contributed by atoms with Gasteiger partial charge in [-0.15, -0.1) is 0 Å². The molecule has 10 heteroatoms. The Balaban J connectivity index is 2.61. The molecule has 0 aliphatic carbocycles. The number of hydrogen-bond acceptors (Lipinski definition) is 6. The maximum absolute atomic E-state index is 15.0. The van der Waals surface area contributed by atoms with Crippen LogP contribution in [-0.2, 0) is 11.3 Å². The van der Waals surface area contributed by atoms with Gasteiger partial charge in [0.1, 0.15) is 25.0 Å². The zero-order chi connectivity index (χ0) is 23.0. The van der Waals surface area contributed by atoms with Gasteiger partial charge in [0.05, 0.1) is 41.2 Å². The van der Waals surface area contributed by atoms with E-state index in [1.807, 2.05) is 0 Å². The van der Waals surface area contributed by atoms with Gasteiger partial charge in [-0.3, -0.25) is 4.79 Å². The normalized spacial score (nSPS) is 11.0. The molecule has 0 fully saturated rings. The van der Waals surface area contributed by atoms with Crippen LogP contribution in [0.5, 0.6) is 0 Å². The van der Waals surface area contributed by atoms with Crippen molar-refractivity contribution in [3.63, 3.8) is 0 Å². The predicted octanol–water partition coefficient (Wildman–Crippen LogP) is 1.13. The van der Waals surface area contributed by atoms with Gasteiger partial charge >= 0.3 is 5.97 Å². The summed E-state index contributed by atoms with van der Waals surface area (Å²) in [4.78, 5) is 25.7. The monoisotopic (exact) mass is 429 g/mol. The van der Waals surface area contributed by atoms with E-state index in [4.69, 9.17) is 10.5 Å². The van der Waals surface area contributed by atoms with Crippen LogP contribution in [0, 0.1) is 18.6 Å². The van der Waals surface area contributed by atoms with E-state index in [2.05, 4.69) is 5.32 Å². The summed E-state index contributed by atoms with van der Waals surface area (Å²) >= 11 is 0. The van der Waals surface area contributed by atoms with Crippen molar-refractivity contribution < 1.29 is 23.4 Å². The first kappa shape index (κ1) is 22.3. The van der Waals surface area contributed by atoms with Crippen LogP contribution in [0.4, 0.5) is 20.2 Å². The van der Waals surface area contributed by atoms with Crippen LogP contribution in [0.2, 0.25) is 0 Å². The number of aryl methyl sites for hydroxylation is 1. The Morgan fingerprint density at radius 1 is 1.35 bits per heavy atom. The largest absolute Gasteiger partial charge is 0.462 e. The van der Waals surface area contributed by atoms with Gasteiger partial charge in [0, 0.05) is 24.4 Å². The highest BCUT2D eigenvalue weighted by Gasteiger charge is 2.24. The Morgan fingerprint density at radius 2 is 2.03 bits per heavy atom. The van der Waals surface area contributed by atoms with E-state index in [9.17, 15) is 19.1 Å². The third-order valence-electron chi connectivity index (χ3n) is 5.23. The zero-order valence-electron chi connectivity index (χ0n) is 17.6. The summed E-state index contributed by atoms with van der Waals surface area (Å²) in [6.07, 6.45) is 1.25. The molecule has 7 nitrogen and oxygen atoms in total. The minimum Gasteiger partial charge on any atom is -0.462 e. The lowest BCUT2D eigenvalue weighted by molar-refractivity contribution is 0.0524. The van der Waals surface area contributed by atoms with Crippen LogP contribution in [0.1, 0.15) is 28.4 Å². The van der Waals surface area contributed by atoms with E-state index < -0.39 is 29.6 Å². The summed E-state index contributed by atoms with van der Waals surface area (Å²) in [5, 5.41) is 12.6. The van der Waals surface area contributed by atoms with Gasteiger partial charge in [-0.05, 0) is 31.4 Å². The number of esters is 1. The molecule has 0 bridgehead atoms. The highest BCUT2D eigenvalue weighted by Crippen LogP contribution is 2.29. The number of aliphatic hydroxyl groups is 1. The average molecular weight is 429 g/mol. The van der Waals surface area contributed by atoms with Gasteiger partial charge in [-0.2, -0.15) is 0 Å². The standard InChI is InChI=1S/C21H22BF2N3O4/c1-4-31-21(30)11-7-27(14-6-13(25)12(23)5-10(14)8-28)19-15(20(11)29)9(2)17(24)18(26-3)16(19)22/h5-7,26,28H,4,8,22,25H2,1-3H3. The molecule has 3 rings (SSSR count). The quantitative estimate of drug-likeness (QED) is 0.319. The number of nitrogens with one attached hydrogen (secondary N) is 1. The molecule has 0 radical (unpaired) electrons. The van der Waals surface area contributed by atoms with Gasteiger partial charge in [-0.25, -0.2) is 13.6 Å². The van der Waals surface area contributed by atoms with Crippen molar-refractivity contribution in [3.8, 4) is 5.69 Å². The van der Waals surface area contributed by atoms with Gasteiger partial charge in [0.2, 0.25) is 5.43 Å². The lowest BCUT2D eigenvalue weighted by atomic mass is 9.87. The molecule has 0 amide bonds. The molecular formula is C21H22BF2N3O4. The second kappa shape index (κ2) is 8.39. The highest BCUT2D eigenvalue weighted by molar-refractivity contribution is 6.42. The summed E-state index contributed by atoms with van der Waals surface area (Å²) in [5.41, 5.74) is 5.85. The van der Waals surface area contributed by atoms with E-state index in [0.717, 1.165) is 6.07 Å². The number of anilines is 2. The Hall–Kier alpha value is -3.40. The number of carbonyl (C=O) groups is 1. The molecule has 31 heavy (non-hydrogen) atoms. The number of fused-ring (bicyclic) bond motifs is 1. The first-order chi connectivity index (χ1) is 14.7. The number of nitrogens with two attached hydrogens (primary N) is 1. The maximum atomic E-state index is 15.0. The maximum Gasteiger partial charge on any atom is 0.343 e. The average Bonchev–Trinajstić information content (AvgIpc) is 2.74. The number of rotatable bonds is 5. The second-order valence-electron chi connectivity index (χ2n) is 7.04. The fourth-order valence-electron chi connectivity index (χ4n) is 3.72. The zero-order valence-corrected chi connectivity index (χ0v) is 17.6. The van der Waals surface area contributed by atoms with Gasteiger partial charge in [0.15, 0.2) is 0 Å². The molecule has 2 aromatic carbocycles. The van der Waals surface area contributed by atoms with Crippen molar-refractivity contribution >= 4 is 41.6 Å². The molecule has 0 atom stereocenters. The van der Waals surface area contributed by atoms with Crippen molar-refractivity contribution in [2.24, 2.45) is 0 Å². The van der Waals surface area contributed by atoms with Crippen LogP contribution in [0.3, 0.4) is 0 Å². The first-order valence-corrected chi connectivity index (χ1v) is 9.59. The van der Waals surface area contributed by atoms with Gasteiger partial charge in [0.25, 0.3) is 0 Å². The van der Waals surface area contributed by atoms with Crippen LogP contribution < -0.4 is 21.9 Å². The van der Waals surface area contributed by atoms with Crippen molar-refractivity contribution in [2.45, 2.75) is 20.5 Å². The van der Waals surface area contributed by atoms with Crippen LogP contribution in [0.15, 0.2) is 23.1 Å². The molecule has 1 aromatic heterocycles. The molecule has 0 aliphatic heterocycles. The Kier molecular flexibility index (Phi) is 6.03. The topological polar surface area (TPSA) is 107 Å². The number of halogens is 2. The number of carbonyl (C=O) groups excluding carboxylic acids is 1. The molecule has 0 saturated carbocycles. The van der Waals surface area contributed by atoms with E-state index in [0.29, 0.717) is 11.0 Å². The number of hydrogen-bond donors (Lipinski definition) is 3. The lowest BCUT2D eigenvalue weighted by Gasteiger charge is -2.21. The van der Waals surface area contributed by atoms with E-state index in [1.165, 1.54) is 23.8 Å². The fourth-order valence-corrected chi connectivity index (χ4v) is 3.72. The summed E-state index contributed by atoms with van der Waals surface area (Å²) in [6, 6.07) is 2.36. The smallest absolute Gasteiger partial charge is 0.343 e. The number of nitrogen functional groups attached to an aromatic ring is 1. The van der Waals surface area contributed by atoms with Crippen molar-refractivity contribution in [3.05, 3.63) is 56.9 Å². The SMILES string of the molecule is Bc1c(NC)c(F)c(C)c2c(=O)c(C(=O)OCC)cn(-c3cc(N)c(F)cc3CO)c12. The molecule has 0 aliphatic rings. The molecule has 4 N–H and O–H groups in total. The summed E-state index contributed by atoms with van der Waals surface area (Å²) in [7, 11) is 3.16. The van der Waals surface area contributed by atoms with Gasteiger partial charge in [-0.1, -0.05) is 0 Å². The number of benzene rings is 2. The van der Waals surface area contributed by atoms with E-state index in [-0.39, 0.29) is 45.7 Å². The first-order valence-electron chi connectivity index (χ1n) is 9.59. The minimum absolute atomic E-state index is 0.0219. The highest BCUT2D eigenvalue weighted by atomic mass is 19.1. The molecule has 0 unspecified atom stereocenters. The third kappa shape index (κ3) is 3.52. The molecular weight excluding hydrogens is 407 g/mol. The van der Waals surface area contributed by atoms with Crippen LogP contribution in [-0.4, -0.2) is 37.1 Å². The molecule has 1 heterocycles.